The van der Waals surface area contributed by atoms with Crippen molar-refractivity contribution in [2.75, 3.05) is 13.1 Å². The first kappa shape index (κ1) is 13.3. The predicted octanol–water partition coefficient (Wildman–Crippen LogP) is 3.00. The summed E-state index contributed by atoms with van der Waals surface area (Å²) in [5.41, 5.74) is 2.53. The standard InChI is InChI=1S/C15H25N3/c1-4-6-14-7-9-17(10-14)11-15-12-18(8-5-2)16-13(15)3/h5,12,14H,2,4,6-11H2,1,3H3. The van der Waals surface area contributed by atoms with Gasteiger partial charge in [0, 0.05) is 24.8 Å². The molecule has 0 spiro atoms. The molecule has 1 saturated heterocycles. The Hall–Kier alpha value is -1.09. The summed E-state index contributed by atoms with van der Waals surface area (Å²) in [6, 6.07) is 0. The van der Waals surface area contributed by atoms with Crippen molar-refractivity contribution in [2.24, 2.45) is 5.92 Å². The Balaban J connectivity index is 1.91. The van der Waals surface area contributed by atoms with Crippen molar-refractivity contribution >= 4 is 0 Å². The van der Waals surface area contributed by atoms with Gasteiger partial charge in [0.25, 0.3) is 0 Å². The van der Waals surface area contributed by atoms with Gasteiger partial charge in [-0.1, -0.05) is 19.4 Å². The fourth-order valence-corrected chi connectivity index (χ4v) is 2.88. The quantitative estimate of drug-likeness (QED) is 0.721. The van der Waals surface area contributed by atoms with Crippen molar-refractivity contribution in [3.8, 4) is 0 Å². The summed E-state index contributed by atoms with van der Waals surface area (Å²) in [6.45, 7) is 12.5. The van der Waals surface area contributed by atoms with E-state index in [0.717, 1.165) is 24.7 Å². The zero-order valence-corrected chi connectivity index (χ0v) is 11.7. The number of hydrogen-bond donors (Lipinski definition) is 0. The first-order chi connectivity index (χ1) is 8.72. The SMILES string of the molecule is C=CCn1cc(CN2CCC(CCC)C2)c(C)n1. The lowest BCUT2D eigenvalue weighted by atomic mass is 10.0. The Morgan fingerprint density at radius 3 is 3.11 bits per heavy atom. The van der Waals surface area contributed by atoms with Crippen molar-refractivity contribution in [3.63, 3.8) is 0 Å². The van der Waals surface area contributed by atoms with Gasteiger partial charge in [-0.3, -0.25) is 9.58 Å². The number of nitrogens with zero attached hydrogens (tertiary/aromatic N) is 3. The molecule has 1 fully saturated rings. The van der Waals surface area contributed by atoms with Gasteiger partial charge in [-0.15, -0.1) is 6.58 Å². The van der Waals surface area contributed by atoms with Gasteiger partial charge in [0.2, 0.25) is 0 Å². The summed E-state index contributed by atoms with van der Waals surface area (Å²) in [7, 11) is 0. The van der Waals surface area contributed by atoms with Crippen LogP contribution in [0.2, 0.25) is 0 Å². The largest absolute Gasteiger partial charge is 0.299 e. The van der Waals surface area contributed by atoms with Gasteiger partial charge < -0.3 is 0 Å². The van der Waals surface area contributed by atoms with E-state index in [1.165, 1.54) is 37.9 Å². The van der Waals surface area contributed by atoms with E-state index in [1.807, 2.05) is 10.8 Å². The molecular weight excluding hydrogens is 222 g/mol. The number of hydrogen-bond acceptors (Lipinski definition) is 2. The molecule has 0 aliphatic carbocycles. The molecule has 0 amide bonds. The summed E-state index contributed by atoms with van der Waals surface area (Å²) in [4.78, 5) is 2.57. The third-order valence-electron chi connectivity index (χ3n) is 3.83. The maximum Gasteiger partial charge on any atom is 0.0638 e. The fraction of sp³-hybridized carbons (Fsp3) is 0.667. The third-order valence-corrected chi connectivity index (χ3v) is 3.83. The molecule has 18 heavy (non-hydrogen) atoms. The van der Waals surface area contributed by atoms with E-state index in [0.29, 0.717) is 0 Å². The molecule has 3 nitrogen and oxygen atoms in total. The van der Waals surface area contributed by atoms with Gasteiger partial charge in [-0.2, -0.15) is 5.10 Å². The number of likely N-dealkylation sites (tertiary alicyclic amines) is 1. The molecule has 1 aliphatic rings. The molecule has 3 heteroatoms. The van der Waals surface area contributed by atoms with Crippen LogP contribution in [0, 0.1) is 12.8 Å². The van der Waals surface area contributed by atoms with Gasteiger partial charge in [0.05, 0.1) is 12.2 Å². The second-order valence-corrected chi connectivity index (χ2v) is 5.43. The van der Waals surface area contributed by atoms with Crippen LogP contribution >= 0.6 is 0 Å². The predicted molar refractivity (Wildman–Crippen MR) is 75.5 cm³/mol. The minimum atomic E-state index is 0.805. The van der Waals surface area contributed by atoms with Crippen LogP contribution in [0.1, 0.15) is 37.4 Å². The number of allylic oxidation sites excluding steroid dienone is 1. The lowest BCUT2D eigenvalue weighted by Crippen LogP contribution is -2.20. The van der Waals surface area contributed by atoms with E-state index in [9.17, 15) is 0 Å². The molecule has 0 radical (unpaired) electrons. The second kappa shape index (κ2) is 6.19. The fourth-order valence-electron chi connectivity index (χ4n) is 2.88. The van der Waals surface area contributed by atoms with Crippen molar-refractivity contribution < 1.29 is 0 Å². The zero-order chi connectivity index (χ0) is 13.0. The van der Waals surface area contributed by atoms with E-state index in [4.69, 9.17) is 0 Å². The van der Waals surface area contributed by atoms with Crippen LogP contribution in [0.15, 0.2) is 18.9 Å². The molecule has 0 aromatic carbocycles. The van der Waals surface area contributed by atoms with Crippen LogP contribution in [-0.2, 0) is 13.1 Å². The lowest BCUT2D eigenvalue weighted by Gasteiger charge is -2.15. The first-order valence-electron chi connectivity index (χ1n) is 7.09. The highest BCUT2D eigenvalue weighted by atomic mass is 15.3. The Labute approximate surface area is 110 Å². The van der Waals surface area contributed by atoms with Gasteiger partial charge in [-0.25, -0.2) is 0 Å². The summed E-state index contributed by atoms with van der Waals surface area (Å²) < 4.78 is 1.98. The van der Waals surface area contributed by atoms with E-state index < -0.39 is 0 Å². The van der Waals surface area contributed by atoms with Crippen LogP contribution < -0.4 is 0 Å². The minimum Gasteiger partial charge on any atom is -0.299 e. The Morgan fingerprint density at radius 1 is 1.56 bits per heavy atom. The first-order valence-corrected chi connectivity index (χ1v) is 7.09. The average Bonchev–Trinajstić information content (AvgIpc) is 2.89. The molecule has 0 bridgehead atoms. The van der Waals surface area contributed by atoms with Gasteiger partial charge in [0.15, 0.2) is 0 Å². The van der Waals surface area contributed by atoms with Gasteiger partial charge in [0.1, 0.15) is 0 Å². The van der Waals surface area contributed by atoms with Crippen molar-refractivity contribution in [1.29, 1.82) is 0 Å². The summed E-state index contributed by atoms with van der Waals surface area (Å²) in [5.74, 6) is 0.915. The van der Waals surface area contributed by atoms with Crippen LogP contribution in [0.3, 0.4) is 0 Å². The number of aromatic nitrogens is 2. The Morgan fingerprint density at radius 2 is 2.39 bits per heavy atom. The molecule has 1 aromatic rings. The molecule has 2 heterocycles. The zero-order valence-electron chi connectivity index (χ0n) is 11.7. The molecule has 0 N–H and O–H groups in total. The van der Waals surface area contributed by atoms with Crippen molar-refractivity contribution in [1.82, 2.24) is 14.7 Å². The van der Waals surface area contributed by atoms with E-state index in [2.05, 4.69) is 36.6 Å². The van der Waals surface area contributed by atoms with Crippen LogP contribution in [0.4, 0.5) is 0 Å². The summed E-state index contributed by atoms with van der Waals surface area (Å²) in [5, 5.41) is 4.52. The summed E-state index contributed by atoms with van der Waals surface area (Å²) in [6.07, 6.45) is 8.13. The smallest absolute Gasteiger partial charge is 0.0638 e. The molecule has 0 saturated carbocycles. The molecule has 1 aliphatic heterocycles. The number of aryl methyl sites for hydroxylation is 1. The minimum absolute atomic E-state index is 0.805. The average molecular weight is 247 g/mol. The van der Waals surface area contributed by atoms with Crippen LogP contribution in [0.25, 0.3) is 0 Å². The second-order valence-electron chi connectivity index (χ2n) is 5.43. The molecule has 100 valence electrons. The van der Waals surface area contributed by atoms with E-state index in [1.54, 1.807) is 0 Å². The maximum atomic E-state index is 4.52. The van der Waals surface area contributed by atoms with Crippen LogP contribution in [0.5, 0.6) is 0 Å². The van der Waals surface area contributed by atoms with Crippen LogP contribution in [-0.4, -0.2) is 27.8 Å². The Kier molecular flexibility index (Phi) is 4.59. The Bertz CT molecular complexity index is 394. The molecule has 1 aromatic heterocycles. The van der Waals surface area contributed by atoms with Crippen molar-refractivity contribution in [3.05, 3.63) is 30.1 Å². The van der Waals surface area contributed by atoms with E-state index in [-0.39, 0.29) is 0 Å². The highest BCUT2D eigenvalue weighted by molar-refractivity contribution is 5.15. The monoisotopic (exact) mass is 247 g/mol. The highest BCUT2D eigenvalue weighted by Crippen LogP contribution is 2.23. The highest BCUT2D eigenvalue weighted by Gasteiger charge is 2.22. The number of rotatable bonds is 6. The molecule has 1 unspecified atom stereocenters. The molecule has 2 rings (SSSR count). The van der Waals surface area contributed by atoms with Gasteiger partial charge in [-0.05, 0) is 32.2 Å². The van der Waals surface area contributed by atoms with Gasteiger partial charge >= 0.3 is 0 Å². The van der Waals surface area contributed by atoms with Crippen molar-refractivity contribution in [2.45, 2.75) is 46.2 Å². The normalized spacial score (nSPS) is 20.4. The van der Waals surface area contributed by atoms with E-state index >= 15 is 0 Å². The molecule has 1 atom stereocenters. The summed E-state index contributed by atoms with van der Waals surface area (Å²) >= 11 is 0. The third kappa shape index (κ3) is 3.22. The lowest BCUT2D eigenvalue weighted by molar-refractivity contribution is 0.312. The molecular formula is C15H25N3. The maximum absolute atomic E-state index is 4.52. The topological polar surface area (TPSA) is 21.1 Å².